The van der Waals surface area contributed by atoms with E-state index in [9.17, 15) is 4.79 Å². The molecule has 0 saturated carbocycles. The zero-order valence-corrected chi connectivity index (χ0v) is 12.5. The molecule has 0 atom stereocenters. The van der Waals surface area contributed by atoms with Crippen LogP contribution in [-0.4, -0.2) is 13.0 Å². The highest BCUT2D eigenvalue weighted by Gasteiger charge is 2.09. The first-order valence-electron chi connectivity index (χ1n) is 5.50. The molecule has 19 heavy (non-hydrogen) atoms. The quantitative estimate of drug-likeness (QED) is 0.901. The molecule has 3 nitrogen and oxygen atoms in total. The van der Waals surface area contributed by atoms with Gasteiger partial charge in [0.05, 0.1) is 17.8 Å². The van der Waals surface area contributed by atoms with Gasteiger partial charge in [0.25, 0.3) is 5.91 Å². The zero-order valence-electron chi connectivity index (χ0n) is 10.1. The molecule has 0 heterocycles. The summed E-state index contributed by atoms with van der Waals surface area (Å²) in [6.07, 6.45) is 0. The number of anilines is 1. The van der Waals surface area contributed by atoms with Gasteiger partial charge in [-0.3, -0.25) is 4.79 Å². The Hall–Kier alpha value is -1.52. The van der Waals surface area contributed by atoms with Crippen molar-refractivity contribution in [3.63, 3.8) is 0 Å². The molecule has 2 aromatic carbocycles. The lowest BCUT2D eigenvalue weighted by atomic mass is 10.2. The van der Waals surface area contributed by atoms with E-state index >= 15 is 0 Å². The second kappa shape index (κ2) is 6.08. The maximum atomic E-state index is 12.1. The number of carbonyl (C=O) groups excluding carboxylic acids is 1. The summed E-state index contributed by atoms with van der Waals surface area (Å²) in [6, 6.07) is 12.2. The summed E-state index contributed by atoms with van der Waals surface area (Å²) in [5.41, 5.74) is 1.07. The topological polar surface area (TPSA) is 38.3 Å². The number of hydrogen-bond donors (Lipinski definition) is 1. The summed E-state index contributed by atoms with van der Waals surface area (Å²) in [6.45, 7) is 0. The van der Waals surface area contributed by atoms with Gasteiger partial charge < -0.3 is 10.1 Å². The van der Waals surface area contributed by atoms with Gasteiger partial charge in [-0.1, -0.05) is 33.6 Å². The molecule has 0 aliphatic heterocycles. The van der Waals surface area contributed by atoms with E-state index in [4.69, 9.17) is 16.3 Å². The molecule has 0 spiro atoms. The number of rotatable bonds is 3. The van der Waals surface area contributed by atoms with E-state index in [2.05, 4.69) is 21.2 Å². The van der Waals surface area contributed by atoms with Crippen LogP contribution in [0.5, 0.6) is 5.75 Å². The minimum Gasteiger partial charge on any atom is -0.497 e. The van der Waals surface area contributed by atoms with E-state index in [1.165, 1.54) is 0 Å². The largest absolute Gasteiger partial charge is 0.497 e. The Bertz CT molecular complexity index is 616. The average molecular weight is 341 g/mol. The highest BCUT2D eigenvalue weighted by atomic mass is 79.9. The number of ether oxygens (including phenoxy) is 1. The summed E-state index contributed by atoms with van der Waals surface area (Å²) in [5.74, 6) is 0.408. The van der Waals surface area contributed by atoms with Crippen molar-refractivity contribution < 1.29 is 9.53 Å². The molecule has 0 bridgehead atoms. The van der Waals surface area contributed by atoms with Gasteiger partial charge in [-0.25, -0.2) is 0 Å². The van der Waals surface area contributed by atoms with Crippen LogP contribution in [-0.2, 0) is 0 Å². The Morgan fingerprint density at radius 1 is 1.26 bits per heavy atom. The molecule has 98 valence electrons. The Balaban J connectivity index is 2.23. The van der Waals surface area contributed by atoms with Crippen LogP contribution in [0.3, 0.4) is 0 Å². The van der Waals surface area contributed by atoms with Crippen molar-refractivity contribution in [2.45, 2.75) is 0 Å². The molecule has 2 aromatic rings. The van der Waals surface area contributed by atoms with Gasteiger partial charge in [0.15, 0.2) is 0 Å². The smallest absolute Gasteiger partial charge is 0.255 e. The highest BCUT2D eigenvalue weighted by Crippen LogP contribution is 2.27. The molecule has 0 unspecified atom stereocenters. The van der Waals surface area contributed by atoms with Crippen molar-refractivity contribution in [1.29, 1.82) is 0 Å². The molecule has 0 aliphatic rings. The Labute approximate surface area is 124 Å². The third-order valence-electron chi connectivity index (χ3n) is 2.51. The van der Waals surface area contributed by atoms with E-state index in [1.54, 1.807) is 43.5 Å². The van der Waals surface area contributed by atoms with Gasteiger partial charge in [-0.2, -0.15) is 0 Å². The van der Waals surface area contributed by atoms with Gasteiger partial charge in [-0.05, 0) is 30.3 Å². The van der Waals surface area contributed by atoms with Crippen LogP contribution in [0.15, 0.2) is 46.9 Å². The van der Waals surface area contributed by atoms with E-state index < -0.39 is 0 Å². The van der Waals surface area contributed by atoms with Gasteiger partial charge in [-0.15, -0.1) is 0 Å². The van der Waals surface area contributed by atoms with E-state index in [-0.39, 0.29) is 5.91 Å². The molecule has 2 rings (SSSR count). The first-order valence-corrected chi connectivity index (χ1v) is 6.67. The molecular weight excluding hydrogens is 330 g/mol. The fourth-order valence-electron chi connectivity index (χ4n) is 1.55. The summed E-state index contributed by atoms with van der Waals surface area (Å²) >= 11 is 9.36. The van der Waals surface area contributed by atoms with Crippen molar-refractivity contribution in [2.75, 3.05) is 12.4 Å². The SMILES string of the molecule is COc1ccc(Cl)c(NC(=O)c2cccc(Br)c2)c1. The summed E-state index contributed by atoms with van der Waals surface area (Å²) < 4.78 is 5.94. The van der Waals surface area contributed by atoms with Crippen LogP contribution in [0.4, 0.5) is 5.69 Å². The van der Waals surface area contributed by atoms with E-state index in [0.29, 0.717) is 22.0 Å². The van der Waals surface area contributed by atoms with E-state index in [1.807, 2.05) is 6.07 Å². The number of amides is 1. The van der Waals surface area contributed by atoms with Crippen LogP contribution in [0.2, 0.25) is 5.02 Å². The molecule has 1 N–H and O–H groups in total. The summed E-state index contributed by atoms with van der Waals surface area (Å²) in [7, 11) is 1.56. The number of methoxy groups -OCH3 is 1. The Kier molecular flexibility index (Phi) is 4.45. The van der Waals surface area contributed by atoms with Crippen LogP contribution in [0.25, 0.3) is 0 Å². The van der Waals surface area contributed by atoms with Crippen LogP contribution < -0.4 is 10.1 Å². The summed E-state index contributed by atoms with van der Waals surface area (Å²) in [5, 5.41) is 3.22. The van der Waals surface area contributed by atoms with Crippen molar-refractivity contribution >= 4 is 39.1 Å². The second-order valence-electron chi connectivity index (χ2n) is 3.81. The minimum atomic E-state index is -0.226. The molecule has 0 saturated heterocycles. The lowest BCUT2D eigenvalue weighted by Crippen LogP contribution is -2.12. The highest BCUT2D eigenvalue weighted by molar-refractivity contribution is 9.10. The molecule has 0 radical (unpaired) electrons. The lowest BCUT2D eigenvalue weighted by Gasteiger charge is -2.09. The molecule has 0 aliphatic carbocycles. The number of benzene rings is 2. The minimum absolute atomic E-state index is 0.226. The van der Waals surface area contributed by atoms with Gasteiger partial charge >= 0.3 is 0 Å². The standard InChI is InChI=1S/C14H11BrClNO2/c1-19-11-5-6-12(16)13(8-11)17-14(18)9-3-2-4-10(15)7-9/h2-8H,1H3,(H,17,18). The number of hydrogen-bond acceptors (Lipinski definition) is 2. The van der Waals surface area contributed by atoms with Crippen molar-refractivity contribution in [3.05, 3.63) is 57.5 Å². The van der Waals surface area contributed by atoms with Crippen molar-refractivity contribution in [3.8, 4) is 5.75 Å². The zero-order chi connectivity index (χ0) is 13.8. The molecular formula is C14H11BrClNO2. The van der Waals surface area contributed by atoms with E-state index in [0.717, 1.165) is 4.47 Å². The third-order valence-corrected chi connectivity index (χ3v) is 3.33. The monoisotopic (exact) mass is 339 g/mol. The lowest BCUT2D eigenvalue weighted by molar-refractivity contribution is 0.102. The van der Waals surface area contributed by atoms with Crippen molar-refractivity contribution in [2.24, 2.45) is 0 Å². The molecule has 0 aromatic heterocycles. The van der Waals surface area contributed by atoms with Crippen LogP contribution in [0.1, 0.15) is 10.4 Å². The summed E-state index contributed by atoms with van der Waals surface area (Å²) in [4.78, 5) is 12.1. The van der Waals surface area contributed by atoms with Gasteiger partial charge in [0.2, 0.25) is 0 Å². The van der Waals surface area contributed by atoms with Crippen LogP contribution >= 0.6 is 27.5 Å². The average Bonchev–Trinajstić information content (AvgIpc) is 2.41. The number of carbonyl (C=O) groups is 1. The van der Waals surface area contributed by atoms with Gasteiger partial charge in [0, 0.05) is 16.1 Å². The number of nitrogens with one attached hydrogen (secondary N) is 1. The van der Waals surface area contributed by atoms with Gasteiger partial charge in [0.1, 0.15) is 5.75 Å². The predicted molar refractivity (Wildman–Crippen MR) is 80.1 cm³/mol. The Morgan fingerprint density at radius 2 is 2.05 bits per heavy atom. The third kappa shape index (κ3) is 3.49. The molecule has 5 heteroatoms. The van der Waals surface area contributed by atoms with Crippen LogP contribution in [0, 0.1) is 0 Å². The van der Waals surface area contributed by atoms with Crippen molar-refractivity contribution in [1.82, 2.24) is 0 Å². The maximum Gasteiger partial charge on any atom is 0.255 e. The number of halogens is 2. The normalized spacial score (nSPS) is 10.1. The molecule has 0 fully saturated rings. The fourth-order valence-corrected chi connectivity index (χ4v) is 2.12. The predicted octanol–water partition coefficient (Wildman–Crippen LogP) is 4.36. The molecule has 1 amide bonds. The first-order chi connectivity index (χ1) is 9.10. The second-order valence-corrected chi connectivity index (χ2v) is 5.13. The maximum absolute atomic E-state index is 12.1. The fraction of sp³-hybridized carbons (Fsp3) is 0.0714. The first kappa shape index (κ1) is 13.9. The Morgan fingerprint density at radius 3 is 2.74 bits per heavy atom.